The van der Waals surface area contributed by atoms with E-state index in [0.29, 0.717) is 24.2 Å². The highest BCUT2D eigenvalue weighted by Crippen LogP contribution is 2.20. The first-order valence-electron chi connectivity index (χ1n) is 22.8. The largest absolute Gasteiger partial charge is 0.445 e. The number of nitrogens with zero attached hydrogens (tertiary/aromatic N) is 6. The van der Waals surface area contributed by atoms with E-state index in [1.54, 1.807) is 67.5 Å². The summed E-state index contributed by atoms with van der Waals surface area (Å²) in [4.78, 5) is 46.0. The molecule has 0 saturated carbocycles. The van der Waals surface area contributed by atoms with Crippen molar-refractivity contribution in [1.82, 2.24) is 39.8 Å². The highest BCUT2D eigenvalue weighted by molar-refractivity contribution is 7.89. The molecule has 0 spiro atoms. The number of benzene rings is 4. The number of fused-ring (bicyclic) bond motifs is 1. The average Bonchev–Trinajstić information content (AvgIpc) is 4.00. The monoisotopic (exact) mass is 952 g/mol. The number of hydrogen-bond donors (Lipinski definition) is 4. The Labute approximate surface area is 404 Å². The van der Waals surface area contributed by atoms with Crippen LogP contribution in [0.4, 0.5) is 4.79 Å². The molecule has 0 fully saturated rings. The fraction of sp³-hybridized carbons (Fsp3) is 0.327. The predicted octanol–water partition coefficient (Wildman–Crippen LogP) is 6.80. The lowest BCUT2D eigenvalue weighted by molar-refractivity contribution is -0.122. The Kier molecular flexibility index (Phi) is 19.8. The normalized spacial score (nSPS) is 12.7. The van der Waals surface area contributed by atoms with E-state index >= 15 is 0 Å². The van der Waals surface area contributed by atoms with Crippen molar-refractivity contribution < 1.29 is 27.5 Å². The Balaban J connectivity index is 0.000000263. The van der Waals surface area contributed by atoms with Crippen molar-refractivity contribution in [2.24, 2.45) is 11.8 Å². The molecular weight excluding hydrogens is 893 g/mol. The molecule has 0 aliphatic rings. The van der Waals surface area contributed by atoms with Gasteiger partial charge in [0.05, 0.1) is 53.7 Å². The molecule has 3 amide bonds. The standard InChI is InChI=1S/C29H31N5O3S.C23H29N5O3/c1-3-21(2)28(18-32-38(36,37)27-13-12-24-6-4-5-7-25(24)14-27)33-29(35)15-26-17-31-20-34(26)19-23-10-8-22(16-30)9-11-23;1-4-10-31-23(30)26-14-21(17(3)5-2)27-22(29)11-20-13-25-16-28(20)15-19-8-6-18(12-24)7-9-19/h4-14,17,20-21,28,32H,3,15,18-19H2,1-2H3,(H,33,35);4,6-9,13,16-17,21H,1,5,10-11,14-15H2,2-3H3,(H,26,30)(H,27,29)/t21-,28+;17-,21+/m00/s1. The van der Waals surface area contributed by atoms with Crippen LogP contribution in [0.5, 0.6) is 0 Å². The van der Waals surface area contributed by atoms with Gasteiger partial charge < -0.3 is 29.8 Å². The summed E-state index contributed by atoms with van der Waals surface area (Å²) in [5.41, 5.74) is 4.72. The fourth-order valence-electron chi connectivity index (χ4n) is 7.24. The molecule has 4 atom stereocenters. The number of rotatable bonds is 22. The number of imidazole rings is 2. The molecule has 0 unspecified atom stereocenters. The van der Waals surface area contributed by atoms with Crippen molar-refractivity contribution in [2.75, 3.05) is 19.7 Å². The van der Waals surface area contributed by atoms with Crippen LogP contribution in [-0.4, -0.2) is 77.2 Å². The number of alkyl carbamates (subject to hydrolysis) is 1. The van der Waals surface area contributed by atoms with Crippen LogP contribution in [0.2, 0.25) is 0 Å². The number of sulfonamides is 1. The third-order valence-electron chi connectivity index (χ3n) is 11.8. The summed E-state index contributed by atoms with van der Waals surface area (Å²) in [6.07, 6.45) is 9.55. The highest BCUT2D eigenvalue weighted by Gasteiger charge is 2.24. The SMILES string of the molecule is C=CCOC(=O)NC[C@@H](NC(=O)Cc1cncn1Cc1ccc(C#N)cc1)[C@@H](C)CC.CC[C@H](C)[C@@H](CNS(=O)(=O)c1ccc2ccccc2c1)NC(=O)Cc1cncn1Cc1ccc(C#N)cc1. The maximum atomic E-state index is 13.0. The molecule has 4 aromatic carbocycles. The lowest BCUT2D eigenvalue weighted by Gasteiger charge is -2.25. The molecule has 0 bridgehead atoms. The third-order valence-corrected chi connectivity index (χ3v) is 13.3. The van der Waals surface area contributed by atoms with Gasteiger partial charge in [-0.15, -0.1) is 0 Å². The van der Waals surface area contributed by atoms with Crippen molar-refractivity contribution >= 4 is 38.7 Å². The number of carbonyl (C=O) groups is 3. The molecule has 16 nitrogen and oxygen atoms in total. The third kappa shape index (κ3) is 16.0. The Morgan fingerprint density at radius 2 is 1.22 bits per heavy atom. The minimum Gasteiger partial charge on any atom is -0.445 e. The van der Waals surface area contributed by atoms with Crippen LogP contribution in [0.15, 0.2) is 134 Å². The van der Waals surface area contributed by atoms with E-state index in [9.17, 15) is 22.8 Å². The molecule has 2 aromatic heterocycles. The zero-order valence-electron chi connectivity index (χ0n) is 39.5. The van der Waals surface area contributed by atoms with Gasteiger partial charge in [-0.3, -0.25) is 9.59 Å². The molecule has 0 aliphatic heterocycles. The highest BCUT2D eigenvalue weighted by atomic mass is 32.2. The van der Waals surface area contributed by atoms with E-state index < -0.39 is 16.1 Å². The molecule has 0 aliphatic carbocycles. The van der Waals surface area contributed by atoms with Crippen LogP contribution in [0.1, 0.15) is 74.2 Å². The number of nitrogens with one attached hydrogen (secondary N) is 4. The van der Waals surface area contributed by atoms with Gasteiger partial charge in [-0.25, -0.2) is 27.9 Å². The molecule has 69 heavy (non-hydrogen) atoms. The van der Waals surface area contributed by atoms with Crippen LogP contribution in [0.3, 0.4) is 0 Å². The van der Waals surface area contributed by atoms with E-state index in [1.807, 2.05) is 85.4 Å². The average molecular weight is 953 g/mol. The Morgan fingerprint density at radius 1 is 0.725 bits per heavy atom. The number of carbonyl (C=O) groups excluding carboxylic acids is 3. The molecular formula is C52H60N10O6S. The van der Waals surface area contributed by atoms with Crippen molar-refractivity contribution in [3.63, 3.8) is 0 Å². The summed E-state index contributed by atoms with van der Waals surface area (Å²) >= 11 is 0. The van der Waals surface area contributed by atoms with Gasteiger partial charge in [-0.2, -0.15) is 10.5 Å². The molecule has 2 heterocycles. The first-order valence-corrected chi connectivity index (χ1v) is 24.3. The molecule has 6 aromatic rings. The van der Waals surface area contributed by atoms with E-state index in [-0.39, 0.29) is 73.2 Å². The van der Waals surface area contributed by atoms with Gasteiger partial charge in [0.15, 0.2) is 0 Å². The maximum Gasteiger partial charge on any atom is 0.407 e. The maximum absolute atomic E-state index is 13.0. The number of ether oxygens (including phenoxy) is 1. The molecule has 0 saturated heterocycles. The summed E-state index contributed by atoms with van der Waals surface area (Å²) in [7, 11) is -3.76. The van der Waals surface area contributed by atoms with Gasteiger partial charge in [0.25, 0.3) is 0 Å². The fourth-order valence-corrected chi connectivity index (χ4v) is 8.33. The smallest absolute Gasteiger partial charge is 0.407 e. The first-order chi connectivity index (χ1) is 33.2. The molecule has 17 heteroatoms. The van der Waals surface area contributed by atoms with Crippen molar-refractivity contribution in [2.45, 2.75) is 83.4 Å². The second-order valence-electron chi connectivity index (χ2n) is 16.7. The Bertz CT molecular complexity index is 2850. The van der Waals surface area contributed by atoms with Gasteiger partial charge in [0.2, 0.25) is 21.8 Å². The zero-order valence-corrected chi connectivity index (χ0v) is 40.3. The van der Waals surface area contributed by atoms with Gasteiger partial charge >= 0.3 is 6.09 Å². The number of amides is 3. The van der Waals surface area contributed by atoms with Gasteiger partial charge in [-0.1, -0.05) is 108 Å². The van der Waals surface area contributed by atoms with Gasteiger partial charge in [0.1, 0.15) is 6.61 Å². The Hall–Kier alpha value is -7.60. The number of hydrogen-bond acceptors (Lipinski definition) is 10. The lowest BCUT2D eigenvalue weighted by Crippen LogP contribution is -2.47. The summed E-state index contributed by atoms with van der Waals surface area (Å²) in [6.45, 7) is 13.1. The predicted molar refractivity (Wildman–Crippen MR) is 264 cm³/mol. The van der Waals surface area contributed by atoms with E-state index in [2.05, 4.69) is 49.4 Å². The van der Waals surface area contributed by atoms with Crippen LogP contribution < -0.4 is 20.7 Å². The topological polar surface area (TPSA) is 226 Å². The number of nitriles is 2. The van der Waals surface area contributed by atoms with Crippen LogP contribution in [0.25, 0.3) is 10.8 Å². The van der Waals surface area contributed by atoms with E-state index in [4.69, 9.17) is 15.3 Å². The van der Waals surface area contributed by atoms with Crippen LogP contribution >= 0.6 is 0 Å². The van der Waals surface area contributed by atoms with Crippen molar-refractivity contribution in [3.8, 4) is 12.1 Å². The van der Waals surface area contributed by atoms with Crippen molar-refractivity contribution in [3.05, 3.63) is 162 Å². The molecule has 6 rings (SSSR count). The van der Waals surface area contributed by atoms with Crippen molar-refractivity contribution in [1.29, 1.82) is 10.5 Å². The second kappa shape index (κ2) is 26.1. The zero-order chi connectivity index (χ0) is 49.8. The van der Waals surface area contributed by atoms with E-state index in [0.717, 1.165) is 46.1 Å². The molecule has 0 radical (unpaired) electrons. The quantitative estimate of drug-likeness (QED) is 0.0521. The van der Waals surface area contributed by atoms with Gasteiger partial charge in [-0.05, 0) is 70.1 Å². The van der Waals surface area contributed by atoms with Gasteiger partial charge in [0, 0.05) is 62.0 Å². The number of aromatic nitrogens is 4. The summed E-state index contributed by atoms with van der Waals surface area (Å²) in [6, 6.07) is 30.8. The first kappa shape index (κ1) is 52.4. The second-order valence-corrected chi connectivity index (χ2v) is 18.5. The Morgan fingerprint density at radius 3 is 1.70 bits per heavy atom. The lowest BCUT2D eigenvalue weighted by atomic mass is 9.99. The summed E-state index contributed by atoms with van der Waals surface area (Å²) in [5, 5.41) is 28.4. The summed E-state index contributed by atoms with van der Waals surface area (Å²) in [5.74, 6) is -0.121. The molecule has 360 valence electrons. The minimum absolute atomic E-state index is 0.0572. The minimum atomic E-state index is -3.76. The van der Waals surface area contributed by atoms with Crippen LogP contribution in [-0.2, 0) is 50.3 Å². The summed E-state index contributed by atoms with van der Waals surface area (Å²) < 4.78 is 37.5. The molecule has 4 N–H and O–H groups in total. The van der Waals surface area contributed by atoms with Crippen LogP contribution in [0, 0.1) is 34.5 Å². The van der Waals surface area contributed by atoms with E-state index in [1.165, 1.54) is 6.08 Å².